The Morgan fingerprint density at radius 2 is 1.95 bits per heavy atom. The van der Waals surface area contributed by atoms with Crippen LogP contribution in [0.1, 0.15) is 31.2 Å². The molecule has 1 spiro atoms. The second kappa shape index (κ2) is 4.88. The fourth-order valence-corrected chi connectivity index (χ4v) is 3.88. The van der Waals surface area contributed by atoms with Gasteiger partial charge in [-0.25, -0.2) is 0 Å². The number of piperazine rings is 1. The van der Waals surface area contributed by atoms with Crippen LogP contribution in [0, 0.1) is 6.92 Å². The number of halogens is 1. The zero-order chi connectivity index (χ0) is 14.3. The monoisotopic (exact) mass is 336 g/mol. The second-order valence-corrected chi connectivity index (χ2v) is 6.54. The molecule has 1 heterocycles. The van der Waals surface area contributed by atoms with E-state index < -0.39 is 5.54 Å². The van der Waals surface area contributed by atoms with Gasteiger partial charge in [-0.2, -0.15) is 0 Å². The molecule has 3 rings (SSSR count). The predicted molar refractivity (Wildman–Crippen MR) is 80.6 cm³/mol. The summed E-state index contributed by atoms with van der Waals surface area (Å²) in [7, 11) is 0. The minimum atomic E-state index is -0.667. The maximum atomic E-state index is 12.8. The molecule has 0 aromatic heterocycles. The highest BCUT2D eigenvalue weighted by Crippen LogP contribution is 2.37. The van der Waals surface area contributed by atoms with Gasteiger partial charge in [0, 0.05) is 4.47 Å². The van der Waals surface area contributed by atoms with Gasteiger partial charge < -0.3 is 5.32 Å². The molecule has 106 valence electrons. The Morgan fingerprint density at radius 3 is 2.60 bits per heavy atom. The van der Waals surface area contributed by atoms with E-state index in [0.717, 1.165) is 41.4 Å². The molecule has 2 aliphatic rings. The minimum absolute atomic E-state index is 0.0270. The number of aryl methyl sites for hydroxylation is 1. The first kappa shape index (κ1) is 13.6. The second-order valence-electron chi connectivity index (χ2n) is 5.68. The van der Waals surface area contributed by atoms with Crippen LogP contribution in [-0.4, -0.2) is 23.9 Å². The molecule has 4 nitrogen and oxygen atoms in total. The van der Waals surface area contributed by atoms with Gasteiger partial charge in [-0.3, -0.25) is 14.5 Å². The number of carbonyl (C=O) groups excluding carboxylic acids is 2. The molecule has 0 atom stereocenters. The molecule has 0 radical (unpaired) electrons. The summed E-state index contributed by atoms with van der Waals surface area (Å²) in [5.74, 6) is -0.0434. The third kappa shape index (κ3) is 2.14. The van der Waals surface area contributed by atoms with Crippen LogP contribution in [0.2, 0.25) is 0 Å². The van der Waals surface area contributed by atoms with Crippen LogP contribution in [0.3, 0.4) is 0 Å². The molecular formula is C15H17BrN2O2. The number of anilines is 1. The Morgan fingerprint density at radius 1 is 1.25 bits per heavy atom. The van der Waals surface area contributed by atoms with Crippen LogP contribution >= 0.6 is 15.9 Å². The molecule has 1 aromatic rings. The van der Waals surface area contributed by atoms with Crippen molar-refractivity contribution in [3.63, 3.8) is 0 Å². The quantitative estimate of drug-likeness (QED) is 0.856. The average molecular weight is 337 g/mol. The fraction of sp³-hybridized carbons (Fsp3) is 0.467. The predicted octanol–water partition coefficient (Wildman–Crippen LogP) is 2.53. The zero-order valence-corrected chi connectivity index (χ0v) is 13.0. The van der Waals surface area contributed by atoms with Crippen molar-refractivity contribution in [1.29, 1.82) is 0 Å². The average Bonchev–Trinajstić information content (AvgIpc) is 2.84. The van der Waals surface area contributed by atoms with E-state index in [0.29, 0.717) is 0 Å². The standard InChI is InChI=1S/C15H17BrN2O2/c1-10-4-5-12(11(16)8-10)18-9-13(19)17-15(14(18)20)6-2-3-7-15/h4-5,8H,2-3,6-7,9H2,1H3,(H,17,19). The van der Waals surface area contributed by atoms with Crippen LogP contribution in [0.5, 0.6) is 0 Å². The third-order valence-corrected chi connectivity index (χ3v) is 4.82. The lowest BCUT2D eigenvalue weighted by Crippen LogP contribution is -2.65. The van der Waals surface area contributed by atoms with E-state index in [1.54, 1.807) is 4.90 Å². The van der Waals surface area contributed by atoms with E-state index >= 15 is 0 Å². The van der Waals surface area contributed by atoms with E-state index in [1.165, 1.54) is 0 Å². The van der Waals surface area contributed by atoms with Gasteiger partial charge in [0.25, 0.3) is 5.91 Å². The van der Waals surface area contributed by atoms with Crippen molar-refractivity contribution in [3.8, 4) is 0 Å². The van der Waals surface area contributed by atoms with Crippen molar-refractivity contribution in [2.45, 2.75) is 38.1 Å². The Balaban J connectivity index is 1.99. The van der Waals surface area contributed by atoms with Gasteiger partial charge in [0.2, 0.25) is 5.91 Å². The number of nitrogens with one attached hydrogen (secondary N) is 1. The van der Waals surface area contributed by atoms with Gasteiger partial charge >= 0.3 is 0 Å². The van der Waals surface area contributed by atoms with Gasteiger partial charge in [-0.05, 0) is 53.4 Å². The summed E-state index contributed by atoms with van der Waals surface area (Å²) in [4.78, 5) is 26.5. The lowest BCUT2D eigenvalue weighted by atomic mass is 9.92. The van der Waals surface area contributed by atoms with Crippen LogP contribution in [0.25, 0.3) is 0 Å². The SMILES string of the molecule is Cc1ccc(N2CC(=O)NC3(CCCC3)C2=O)c(Br)c1. The maximum Gasteiger partial charge on any atom is 0.253 e. The molecule has 1 aromatic carbocycles. The van der Waals surface area contributed by atoms with E-state index in [9.17, 15) is 9.59 Å². The topological polar surface area (TPSA) is 49.4 Å². The Kier molecular flexibility index (Phi) is 3.32. The Labute approximate surface area is 126 Å². The van der Waals surface area contributed by atoms with Crippen molar-refractivity contribution < 1.29 is 9.59 Å². The first-order valence-corrected chi connectivity index (χ1v) is 7.70. The summed E-state index contributed by atoms with van der Waals surface area (Å²) in [6.45, 7) is 2.10. The van der Waals surface area contributed by atoms with Crippen molar-refractivity contribution >= 4 is 33.4 Å². The van der Waals surface area contributed by atoms with E-state index in [2.05, 4.69) is 21.2 Å². The number of rotatable bonds is 1. The lowest BCUT2D eigenvalue weighted by Gasteiger charge is -2.40. The molecular weight excluding hydrogens is 320 g/mol. The van der Waals surface area contributed by atoms with Crippen molar-refractivity contribution in [1.82, 2.24) is 5.32 Å². The molecule has 1 aliphatic heterocycles. The van der Waals surface area contributed by atoms with Gasteiger partial charge in [0.1, 0.15) is 12.1 Å². The highest BCUT2D eigenvalue weighted by molar-refractivity contribution is 9.10. The molecule has 5 heteroatoms. The third-order valence-electron chi connectivity index (χ3n) is 4.19. The van der Waals surface area contributed by atoms with Gasteiger partial charge in [0.05, 0.1) is 5.69 Å². The molecule has 20 heavy (non-hydrogen) atoms. The highest BCUT2D eigenvalue weighted by Gasteiger charge is 2.48. The van der Waals surface area contributed by atoms with E-state index in [4.69, 9.17) is 0 Å². The Hall–Kier alpha value is -1.36. The first-order valence-electron chi connectivity index (χ1n) is 6.91. The number of hydrogen-bond donors (Lipinski definition) is 1. The van der Waals surface area contributed by atoms with Crippen LogP contribution < -0.4 is 10.2 Å². The number of nitrogens with zero attached hydrogens (tertiary/aromatic N) is 1. The van der Waals surface area contributed by atoms with E-state index in [-0.39, 0.29) is 18.4 Å². The fourth-order valence-electron chi connectivity index (χ4n) is 3.18. The number of hydrogen-bond acceptors (Lipinski definition) is 2. The summed E-state index contributed by atoms with van der Waals surface area (Å²) < 4.78 is 0.855. The molecule has 1 N–H and O–H groups in total. The summed E-state index contributed by atoms with van der Waals surface area (Å²) in [6, 6.07) is 5.83. The van der Waals surface area contributed by atoms with Gasteiger partial charge in [-0.1, -0.05) is 18.9 Å². The molecule has 1 saturated heterocycles. The smallest absolute Gasteiger partial charge is 0.253 e. The molecule has 2 fully saturated rings. The normalized spacial score (nSPS) is 21.4. The molecule has 1 saturated carbocycles. The number of benzene rings is 1. The number of carbonyl (C=O) groups is 2. The van der Waals surface area contributed by atoms with E-state index in [1.807, 2.05) is 25.1 Å². The molecule has 1 aliphatic carbocycles. The summed E-state index contributed by atoms with van der Waals surface area (Å²) in [5, 5.41) is 2.93. The summed E-state index contributed by atoms with van der Waals surface area (Å²) in [6.07, 6.45) is 3.49. The first-order chi connectivity index (χ1) is 9.52. The largest absolute Gasteiger partial charge is 0.340 e. The number of amides is 2. The van der Waals surface area contributed by atoms with Gasteiger partial charge in [0.15, 0.2) is 0 Å². The molecule has 0 bridgehead atoms. The lowest BCUT2D eigenvalue weighted by molar-refractivity contribution is -0.135. The van der Waals surface area contributed by atoms with Crippen molar-refractivity contribution in [2.24, 2.45) is 0 Å². The van der Waals surface area contributed by atoms with Gasteiger partial charge in [-0.15, -0.1) is 0 Å². The summed E-state index contributed by atoms with van der Waals surface area (Å²) >= 11 is 3.50. The maximum absolute atomic E-state index is 12.8. The van der Waals surface area contributed by atoms with Crippen LogP contribution in [-0.2, 0) is 9.59 Å². The zero-order valence-electron chi connectivity index (χ0n) is 11.4. The van der Waals surface area contributed by atoms with Crippen LogP contribution in [0.4, 0.5) is 5.69 Å². The van der Waals surface area contributed by atoms with Crippen LogP contribution in [0.15, 0.2) is 22.7 Å². The minimum Gasteiger partial charge on any atom is -0.340 e. The van der Waals surface area contributed by atoms with Crippen molar-refractivity contribution in [2.75, 3.05) is 11.4 Å². The Bertz CT molecular complexity index is 579. The summed E-state index contributed by atoms with van der Waals surface area (Å²) in [5.41, 5.74) is 1.23. The highest BCUT2D eigenvalue weighted by atomic mass is 79.9. The van der Waals surface area contributed by atoms with Crippen molar-refractivity contribution in [3.05, 3.63) is 28.2 Å². The molecule has 2 amide bonds. The molecule has 0 unspecified atom stereocenters.